The van der Waals surface area contributed by atoms with Gasteiger partial charge in [0.2, 0.25) is 0 Å². The maximum Gasteiger partial charge on any atom is 0.333 e. The summed E-state index contributed by atoms with van der Waals surface area (Å²) < 4.78 is 16.0. The zero-order valence-corrected chi connectivity index (χ0v) is 14.6. The lowest BCUT2D eigenvalue weighted by atomic mass is 10.2. The van der Waals surface area contributed by atoms with Gasteiger partial charge in [-0.25, -0.2) is 4.79 Å². The largest absolute Gasteiger partial charge is 0.609 e. The first-order valence-corrected chi connectivity index (χ1v) is 9.15. The average Bonchev–Trinajstić information content (AvgIpc) is 3.16. The first kappa shape index (κ1) is 16.5. The topological polar surface area (TPSA) is 105 Å². The van der Waals surface area contributed by atoms with Crippen molar-refractivity contribution in [2.45, 2.75) is 18.2 Å². The van der Waals surface area contributed by atoms with Crippen molar-refractivity contribution in [1.29, 1.82) is 0 Å². The number of phenolic OH excluding ortho intramolecular Hbond substituents is 1. The number of aromatic nitrogens is 4. The SMILES string of the molecule is Cn1c(=O)c2c(nc3n2CC[S+]3[O-])n(CC#Cc2cccc(O)c2)c1=O. The Bertz CT molecular complexity index is 1210. The molecule has 9 heteroatoms. The minimum absolute atomic E-state index is 0.0161. The van der Waals surface area contributed by atoms with Crippen LogP contribution >= 0.6 is 0 Å². The molecule has 3 heterocycles. The van der Waals surface area contributed by atoms with E-state index in [-0.39, 0.29) is 23.5 Å². The molecule has 0 spiro atoms. The van der Waals surface area contributed by atoms with Gasteiger partial charge in [-0.3, -0.25) is 18.5 Å². The average molecular weight is 370 g/mol. The van der Waals surface area contributed by atoms with Gasteiger partial charge in [0.1, 0.15) is 11.5 Å². The molecule has 4 rings (SSSR count). The van der Waals surface area contributed by atoms with Gasteiger partial charge in [0.15, 0.2) is 11.2 Å². The van der Waals surface area contributed by atoms with Crippen LogP contribution in [0.3, 0.4) is 0 Å². The van der Waals surface area contributed by atoms with E-state index >= 15 is 0 Å². The van der Waals surface area contributed by atoms with Crippen LogP contribution in [0.5, 0.6) is 5.75 Å². The third-order valence-electron chi connectivity index (χ3n) is 4.21. The number of benzene rings is 1. The van der Waals surface area contributed by atoms with E-state index in [0.717, 1.165) is 4.57 Å². The summed E-state index contributed by atoms with van der Waals surface area (Å²) in [4.78, 5) is 29.3. The van der Waals surface area contributed by atoms with E-state index in [9.17, 15) is 19.2 Å². The minimum atomic E-state index is -1.27. The van der Waals surface area contributed by atoms with Crippen LogP contribution in [0.2, 0.25) is 0 Å². The number of aromatic hydroxyl groups is 1. The van der Waals surface area contributed by atoms with E-state index in [4.69, 9.17) is 0 Å². The zero-order chi connectivity index (χ0) is 18.4. The van der Waals surface area contributed by atoms with Crippen molar-refractivity contribution in [3.63, 3.8) is 0 Å². The maximum atomic E-state index is 12.5. The lowest BCUT2D eigenvalue weighted by Crippen LogP contribution is -2.38. The molecular weight excluding hydrogens is 356 g/mol. The molecule has 1 N–H and O–H groups in total. The van der Waals surface area contributed by atoms with Crippen molar-refractivity contribution >= 4 is 22.3 Å². The first-order valence-electron chi connectivity index (χ1n) is 7.83. The van der Waals surface area contributed by atoms with Gasteiger partial charge in [-0.1, -0.05) is 17.9 Å². The van der Waals surface area contributed by atoms with Gasteiger partial charge < -0.3 is 9.66 Å². The van der Waals surface area contributed by atoms with Crippen molar-refractivity contribution in [2.75, 3.05) is 5.75 Å². The molecule has 0 saturated carbocycles. The normalized spacial score (nSPS) is 15.7. The second-order valence-electron chi connectivity index (χ2n) is 5.85. The molecule has 1 aliphatic heterocycles. The smallest absolute Gasteiger partial charge is 0.333 e. The molecule has 0 radical (unpaired) electrons. The highest BCUT2D eigenvalue weighted by Crippen LogP contribution is 2.22. The summed E-state index contributed by atoms with van der Waals surface area (Å²) in [5.41, 5.74) is 0.0844. The quantitative estimate of drug-likeness (QED) is 0.471. The molecule has 0 fully saturated rings. The predicted octanol–water partition coefficient (Wildman–Crippen LogP) is -0.225. The second-order valence-corrected chi connectivity index (χ2v) is 7.32. The number of fused-ring (bicyclic) bond motifs is 3. The van der Waals surface area contributed by atoms with E-state index in [1.165, 1.54) is 17.7 Å². The molecule has 132 valence electrons. The summed E-state index contributed by atoms with van der Waals surface area (Å²) in [5.74, 6) is 6.25. The number of aryl methyl sites for hydroxylation is 1. The minimum Gasteiger partial charge on any atom is -0.609 e. The Morgan fingerprint density at radius 1 is 1.38 bits per heavy atom. The Morgan fingerprint density at radius 2 is 2.19 bits per heavy atom. The summed E-state index contributed by atoms with van der Waals surface area (Å²) in [6.45, 7) is 0.447. The fourth-order valence-electron chi connectivity index (χ4n) is 2.93. The van der Waals surface area contributed by atoms with Gasteiger partial charge in [-0.2, -0.15) is 4.98 Å². The van der Waals surface area contributed by atoms with Gasteiger partial charge in [0.25, 0.3) is 5.56 Å². The van der Waals surface area contributed by atoms with E-state index in [1.807, 2.05) is 0 Å². The van der Waals surface area contributed by atoms with Crippen LogP contribution in [-0.4, -0.2) is 34.1 Å². The summed E-state index contributed by atoms with van der Waals surface area (Å²) in [7, 11) is 1.40. The van der Waals surface area contributed by atoms with Gasteiger partial charge in [-0.15, -0.1) is 0 Å². The van der Waals surface area contributed by atoms with Crippen LogP contribution in [-0.2, 0) is 31.3 Å². The van der Waals surface area contributed by atoms with Gasteiger partial charge in [-0.05, 0) is 18.2 Å². The van der Waals surface area contributed by atoms with Gasteiger partial charge >= 0.3 is 10.8 Å². The molecule has 0 aliphatic carbocycles. The molecule has 0 saturated heterocycles. The third-order valence-corrected chi connectivity index (χ3v) is 5.49. The van der Waals surface area contributed by atoms with E-state index < -0.39 is 22.4 Å². The predicted molar refractivity (Wildman–Crippen MR) is 95.5 cm³/mol. The van der Waals surface area contributed by atoms with Gasteiger partial charge in [0.05, 0.1) is 13.1 Å². The number of rotatable bonds is 1. The zero-order valence-electron chi connectivity index (χ0n) is 13.8. The summed E-state index contributed by atoms with van der Waals surface area (Å²) in [5, 5.41) is 9.79. The molecular formula is C17H14N4O4S. The van der Waals surface area contributed by atoms with E-state index in [2.05, 4.69) is 16.8 Å². The summed E-state index contributed by atoms with van der Waals surface area (Å²) in [6, 6.07) is 6.46. The Morgan fingerprint density at radius 3 is 2.96 bits per heavy atom. The standard InChI is InChI=1S/C17H14N4O4S/c1-19-15(23)13-14(18-16-20(13)8-9-26(16)25)21(17(19)24)7-3-5-11-4-2-6-12(22)10-11/h2,4,6,10,22H,7-9H2,1H3. The molecule has 0 amide bonds. The van der Waals surface area contributed by atoms with Crippen molar-refractivity contribution in [1.82, 2.24) is 18.7 Å². The van der Waals surface area contributed by atoms with Crippen molar-refractivity contribution < 1.29 is 9.66 Å². The number of hydrogen-bond donors (Lipinski definition) is 1. The van der Waals surface area contributed by atoms with Crippen LogP contribution in [0.25, 0.3) is 11.2 Å². The van der Waals surface area contributed by atoms with Crippen molar-refractivity contribution in [2.24, 2.45) is 7.05 Å². The third kappa shape index (κ3) is 2.51. The van der Waals surface area contributed by atoms with Crippen LogP contribution in [0.15, 0.2) is 39.0 Å². The first-order chi connectivity index (χ1) is 12.5. The Balaban J connectivity index is 1.85. The number of imidazole rings is 1. The fourth-order valence-corrected chi connectivity index (χ4v) is 4.08. The molecule has 2 aromatic heterocycles. The van der Waals surface area contributed by atoms with Crippen LogP contribution in [0.4, 0.5) is 0 Å². The number of phenols is 1. The van der Waals surface area contributed by atoms with E-state index in [1.54, 1.807) is 22.8 Å². The molecule has 1 aliphatic rings. The van der Waals surface area contributed by atoms with Crippen LogP contribution < -0.4 is 11.2 Å². The molecule has 8 nitrogen and oxygen atoms in total. The Kier molecular flexibility index (Phi) is 3.86. The summed E-state index contributed by atoms with van der Waals surface area (Å²) in [6.07, 6.45) is 0. The second kappa shape index (κ2) is 6.09. The summed E-state index contributed by atoms with van der Waals surface area (Å²) >= 11 is -1.27. The lowest BCUT2D eigenvalue weighted by molar-refractivity contribution is 0.475. The monoisotopic (exact) mass is 370 g/mol. The molecule has 3 aromatic rings. The Hall–Kier alpha value is -2.96. The van der Waals surface area contributed by atoms with Crippen molar-refractivity contribution in [3.05, 3.63) is 50.7 Å². The highest BCUT2D eigenvalue weighted by atomic mass is 32.2. The maximum absolute atomic E-state index is 12.5. The Labute approximate surface area is 150 Å². The highest BCUT2D eigenvalue weighted by Gasteiger charge is 2.32. The highest BCUT2D eigenvalue weighted by molar-refractivity contribution is 7.91. The van der Waals surface area contributed by atoms with Crippen LogP contribution in [0.1, 0.15) is 5.56 Å². The van der Waals surface area contributed by atoms with Gasteiger partial charge in [0, 0.05) is 23.8 Å². The number of nitrogens with zero attached hydrogens (tertiary/aromatic N) is 4. The number of hydrogen-bond acceptors (Lipinski definition) is 5. The molecule has 1 unspecified atom stereocenters. The van der Waals surface area contributed by atoms with Crippen molar-refractivity contribution in [3.8, 4) is 17.6 Å². The lowest BCUT2D eigenvalue weighted by Gasteiger charge is -2.06. The molecule has 0 bridgehead atoms. The molecule has 1 atom stereocenters. The van der Waals surface area contributed by atoms with Crippen LogP contribution in [0, 0.1) is 11.8 Å². The molecule has 26 heavy (non-hydrogen) atoms. The molecule has 1 aromatic carbocycles. The van der Waals surface area contributed by atoms with E-state index in [0.29, 0.717) is 23.0 Å². The fraction of sp³-hybridized carbons (Fsp3) is 0.235.